The van der Waals surface area contributed by atoms with Gasteiger partial charge in [0, 0.05) is 51.8 Å². The molecule has 1 fully saturated rings. The van der Waals surface area contributed by atoms with Crippen molar-refractivity contribution in [3.05, 3.63) is 78.6 Å². The molecule has 0 unspecified atom stereocenters. The molecule has 0 saturated carbocycles. The molecule has 32 heavy (non-hydrogen) atoms. The Kier molecular flexibility index (Phi) is 6.23. The molecule has 2 aromatic heterocycles. The minimum Gasteiger partial charge on any atom is -0.361 e. The lowest BCUT2D eigenvalue weighted by Gasteiger charge is -2.43. The van der Waals surface area contributed by atoms with E-state index in [0.29, 0.717) is 13.0 Å². The Morgan fingerprint density at radius 3 is 2.56 bits per heavy atom. The van der Waals surface area contributed by atoms with Gasteiger partial charge in [0.1, 0.15) is 5.69 Å². The highest BCUT2D eigenvalue weighted by atomic mass is 16.5. The smallest absolute Gasteiger partial charge is 0.274 e. The molecule has 0 radical (unpaired) electrons. The summed E-state index contributed by atoms with van der Waals surface area (Å²) in [6.45, 7) is 0.761. The van der Waals surface area contributed by atoms with Gasteiger partial charge in [-0.2, -0.15) is 0 Å². The zero-order chi connectivity index (χ0) is 22.6. The highest BCUT2D eigenvalue weighted by Gasteiger charge is 2.46. The zero-order valence-electron chi connectivity index (χ0n) is 18.1. The number of morpholine rings is 1. The Morgan fingerprint density at radius 1 is 1.06 bits per heavy atom. The van der Waals surface area contributed by atoms with Gasteiger partial charge in [0.15, 0.2) is 5.60 Å². The van der Waals surface area contributed by atoms with Crippen LogP contribution in [0, 0.1) is 0 Å². The number of amides is 2. The summed E-state index contributed by atoms with van der Waals surface area (Å²) in [5.41, 5.74) is 2.01. The number of nitrogens with zero attached hydrogens (tertiary/aromatic N) is 5. The van der Waals surface area contributed by atoms with Gasteiger partial charge in [-0.15, -0.1) is 0 Å². The topological polar surface area (TPSA) is 88.5 Å². The third kappa shape index (κ3) is 4.36. The third-order valence-electron chi connectivity index (χ3n) is 5.54. The molecule has 3 heterocycles. The summed E-state index contributed by atoms with van der Waals surface area (Å²) in [4.78, 5) is 41.8. The number of ether oxygens (including phenoxy) is 1. The Labute approximate surface area is 186 Å². The van der Waals surface area contributed by atoms with E-state index in [4.69, 9.17) is 4.74 Å². The van der Waals surface area contributed by atoms with Crippen molar-refractivity contribution < 1.29 is 14.3 Å². The van der Waals surface area contributed by atoms with Gasteiger partial charge in [-0.25, -0.2) is 4.98 Å². The van der Waals surface area contributed by atoms with Crippen molar-refractivity contribution in [1.29, 1.82) is 0 Å². The van der Waals surface area contributed by atoms with Crippen molar-refractivity contribution in [2.24, 2.45) is 0 Å². The van der Waals surface area contributed by atoms with Crippen LogP contribution in [-0.4, -0.2) is 76.0 Å². The van der Waals surface area contributed by atoms with Gasteiger partial charge < -0.3 is 14.5 Å². The van der Waals surface area contributed by atoms with Gasteiger partial charge in [-0.1, -0.05) is 24.3 Å². The molecule has 164 valence electrons. The predicted octanol–water partition coefficient (Wildman–Crippen LogP) is 2.08. The standard InChI is InChI=1S/C24H25N5O3/c1-28(2)23(31)24(15-19-5-3-4-6-20(19)18-7-9-25-10-8-18)17-29(13-14-32-24)22(30)21-16-26-11-12-27-21/h3-12,16H,13-15,17H2,1-2H3/t24-/m1/s1. The number of benzene rings is 1. The number of hydrogen-bond acceptors (Lipinski definition) is 6. The largest absolute Gasteiger partial charge is 0.361 e. The van der Waals surface area contributed by atoms with Gasteiger partial charge >= 0.3 is 0 Å². The molecule has 8 heteroatoms. The maximum absolute atomic E-state index is 13.4. The van der Waals surface area contributed by atoms with Crippen molar-refractivity contribution in [2.45, 2.75) is 12.0 Å². The average molecular weight is 431 g/mol. The molecular formula is C24H25N5O3. The lowest BCUT2D eigenvalue weighted by atomic mass is 9.87. The molecular weight excluding hydrogens is 406 g/mol. The fourth-order valence-corrected chi connectivity index (χ4v) is 4.04. The van der Waals surface area contributed by atoms with Crippen LogP contribution in [0.5, 0.6) is 0 Å². The molecule has 0 bridgehead atoms. The van der Waals surface area contributed by atoms with Gasteiger partial charge in [-0.3, -0.25) is 19.6 Å². The second-order valence-electron chi connectivity index (χ2n) is 7.93. The van der Waals surface area contributed by atoms with E-state index in [1.165, 1.54) is 23.5 Å². The first-order valence-electron chi connectivity index (χ1n) is 10.4. The first-order valence-corrected chi connectivity index (χ1v) is 10.4. The van der Waals surface area contributed by atoms with Crippen LogP contribution in [0.1, 0.15) is 16.1 Å². The zero-order valence-corrected chi connectivity index (χ0v) is 18.1. The molecule has 0 N–H and O–H groups in total. The van der Waals surface area contributed by atoms with Gasteiger partial charge in [-0.05, 0) is 28.8 Å². The normalized spacial score (nSPS) is 18.2. The van der Waals surface area contributed by atoms with E-state index in [-0.39, 0.29) is 30.7 Å². The number of carbonyl (C=O) groups is 2. The van der Waals surface area contributed by atoms with Gasteiger partial charge in [0.2, 0.25) is 0 Å². The van der Waals surface area contributed by atoms with E-state index in [0.717, 1.165) is 16.7 Å². The van der Waals surface area contributed by atoms with Crippen molar-refractivity contribution in [3.63, 3.8) is 0 Å². The maximum atomic E-state index is 13.4. The molecule has 1 saturated heterocycles. The van der Waals surface area contributed by atoms with Crippen LogP contribution in [0.4, 0.5) is 0 Å². The summed E-state index contributed by atoms with van der Waals surface area (Å²) in [6.07, 6.45) is 8.25. The molecule has 3 aromatic rings. The van der Waals surface area contributed by atoms with Gasteiger partial charge in [0.05, 0.1) is 19.3 Å². The molecule has 0 aliphatic carbocycles. The number of rotatable bonds is 5. The van der Waals surface area contributed by atoms with Crippen LogP contribution in [0.25, 0.3) is 11.1 Å². The highest BCUT2D eigenvalue weighted by molar-refractivity contribution is 5.93. The van der Waals surface area contributed by atoms with E-state index in [1.807, 2.05) is 36.4 Å². The quantitative estimate of drug-likeness (QED) is 0.615. The summed E-state index contributed by atoms with van der Waals surface area (Å²) in [6, 6.07) is 11.8. The van der Waals surface area contributed by atoms with Crippen LogP contribution in [0.15, 0.2) is 67.4 Å². The maximum Gasteiger partial charge on any atom is 0.274 e. The number of likely N-dealkylation sites (N-methyl/N-ethyl adjacent to an activating group) is 1. The first kappa shape index (κ1) is 21.6. The Hall–Kier alpha value is -3.65. The molecule has 2 amide bonds. The molecule has 1 aliphatic heterocycles. The Morgan fingerprint density at radius 2 is 1.84 bits per heavy atom. The number of pyridine rings is 1. The van der Waals surface area contributed by atoms with Crippen LogP contribution in [0.3, 0.4) is 0 Å². The van der Waals surface area contributed by atoms with Crippen molar-refractivity contribution >= 4 is 11.8 Å². The summed E-state index contributed by atoms with van der Waals surface area (Å²) < 4.78 is 6.17. The number of hydrogen-bond donors (Lipinski definition) is 0. The summed E-state index contributed by atoms with van der Waals surface area (Å²) in [5.74, 6) is -0.446. The Bertz CT molecular complexity index is 1090. The third-order valence-corrected chi connectivity index (χ3v) is 5.54. The number of carbonyl (C=O) groups excluding carboxylic acids is 2. The fraction of sp³-hybridized carbons (Fsp3) is 0.292. The SMILES string of the molecule is CN(C)C(=O)[C@@]1(Cc2ccccc2-c2ccncc2)CN(C(=O)c2cnccn2)CCO1. The van der Waals surface area contributed by atoms with Crippen molar-refractivity contribution in [1.82, 2.24) is 24.8 Å². The molecule has 1 aromatic carbocycles. The van der Waals surface area contributed by atoms with E-state index < -0.39 is 5.60 Å². The second kappa shape index (κ2) is 9.23. The van der Waals surface area contributed by atoms with Crippen LogP contribution in [-0.2, 0) is 16.0 Å². The van der Waals surface area contributed by atoms with E-state index >= 15 is 0 Å². The Balaban J connectivity index is 1.70. The number of aromatic nitrogens is 3. The van der Waals surface area contributed by atoms with Crippen LogP contribution < -0.4 is 0 Å². The molecule has 0 spiro atoms. The van der Waals surface area contributed by atoms with E-state index in [2.05, 4.69) is 15.0 Å². The summed E-state index contributed by atoms with van der Waals surface area (Å²) in [5, 5.41) is 0. The van der Waals surface area contributed by atoms with Crippen LogP contribution >= 0.6 is 0 Å². The monoisotopic (exact) mass is 431 g/mol. The van der Waals surface area contributed by atoms with E-state index in [1.54, 1.807) is 31.4 Å². The lowest BCUT2D eigenvalue weighted by molar-refractivity contribution is -0.165. The molecule has 1 aliphatic rings. The summed E-state index contributed by atoms with van der Waals surface area (Å²) >= 11 is 0. The first-order chi connectivity index (χ1) is 15.5. The summed E-state index contributed by atoms with van der Waals surface area (Å²) in [7, 11) is 3.40. The second-order valence-corrected chi connectivity index (χ2v) is 7.93. The van der Waals surface area contributed by atoms with Crippen LogP contribution in [0.2, 0.25) is 0 Å². The average Bonchev–Trinajstić information content (AvgIpc) is 2.84. The highest BCUT2D eigenvalue weighted by Crippen LogP contribution is 2.31. The predicted molar refractivity (Wildman–Crippen MR) is 119 cm³/mol. The molecule has 1 atom stereocenters. The molecule has 4 rings (SSSR count). The van der Waals surface area contributed by atoms with Gasteiger partial charge in [0.25, 0.3) is 11.8 Å². The minimum absolute atomic E-state index is 0.129. The van der Waals surface area contributed by atoms with E-state index in [9.17, 15) is 9.59 Å². The minimum atomic E-state index is -1.21. The van der Waals surface area contributed by atoms with Crippen molar-refractivity contribution in [3.8, 4) is 11.1 Å². The van der Waals surface area contributed by atoms with Crippen molar-refractivity contribution in [2.75, 3.05) is 33.8 Å². The fourth-order valence-electron chi connectivity index (χ4n) is 4.04. The molecule has 8 nitrogen and oxygen atoms in total. The lowest BCUT2D eigenvalue weighted by Crippen LogP contribution is -2.61.